The van der Waals surface area contributed by atoms with E-state index in [4.69, 9.17) is 0 Å². The molecule has 0 aromatic heterocycles. The van der Waals surface area contributed by atoms with E-state index < -0.39 is 18.6 Å². The second kappa shape index (κ2) is 8.82. The van der Waals surface area contributed by atoms with Crippen molar-refractivity contribution in [2.75, 3.05) is 5.32 Å². The first-order valence-electron chi connectivity index (χ1n) is 8.83. The molecule has 0 aliphatic carbocycles. The second-order valence-corrected chi connectivity index (χ2v) is 7.41. The lowest BCUT2D eigenvalue weighted by Gasteiger charge is -2.19. The standard InChI is InChI=1S/C21H24F2N2O3/c1-13(18(26)25-16-9-11-17(12-10-16)28-20(22)23)24-19(27)14-5-7-15(8-6-14)21(2,3)4/h5-13,20H,1-4H3,(H,24,27)(H,25,26)/t13-/m0/s1. The van der Waals surface area contributed by atoms with E-state index in [1.54, 1.807) is 19.1 Å². The lowest BCUT2D eigenvalue weighted by atomic mass is 9.86. The first-order valence-corrected chi connectivity index (χ1v) is 8.83. The number of carbonyl (C=O) groups excluding carboxylic acids is 2. The van der Waals surface area contributed by atoms with Gasteiger partial charge in [0.25, 0.3) is 5.91 Å². The maximum atomic E-state index is 12.3. The minimum atomic E-state index is -2.91. The molecule has 0 bridgehead atoms. The molecule has 0 fully saturated rings. The minimum absolute atomic E-state index is 0.00643. The monoisotopic (exact) mass is 390 g/mol. The lowest BCUT2D eigenvalue weighted by molar-refractivity contribution is -0.117. The Labute approximate surface area is 163 Å². The molecule has 2 rings (SSSR count). The number of benzene rings is 2. The highest BCUT2D eigenvalue weighted by atomic mass is 19.3. The molecule has 0 unspecified atom stereocenters. The third-order valence-electron chi connectivity index (χ3n) is 4.10. The molecule has 0 heterocycles. The van der Waals surface area contributed by atoms with E-state index in [2.05, 4.69) is 36.1 Å². The van der Waals surface area contributed by atoms with Crippen molar-refractivity contribution in [2.45, 2.75) is 45.8 Å². The van der Waals surface area contributed by atoms with E-state index >= 15 is 0 Å². The SMILES string of the molecule is C[C@H](NC(=O)c1ccc(C(C)(C)C)cc1)C(=O)Nc1ccc(OC(F)F)cc1. The second-order valence-electron chi connectivity index (χ2n) is 7.41. The Morgan fingerprint density at radius 3 is 2.04 bits per heavy atom. The van der Waals surface area contributed by atoms with Crippen molar-refractivity contribution in [3.63, 3.8) is 0 Å². The molecule has 0 radical (unpaired) electrons. The van der Waals surface area contributed by atoms with Gasteiger partial charge in [-0.3, -0.25) is 9.59 Å². The van der Waals surface area contributed by atoms with Gasteiger partial charge in [-0.05, 0) is 54.3 Å². The van der Waals surface area contributed by atoms with Gasteiger partial charge in [0.2, 0.25) is 5.91 Å². The van der Waals surface area contributed by atoms with Crippen LogP contribution in [0.1, 0.15) is 43.6 Å². The van der Waals surface area contributed by atoms with Crippen molar-refractivity contribution >= 4 is 17.5 Å². The third kappa shape index (κ3) is 6.04. The predicted octanol–water partition coefficient (Wildman–Crippen LogP) is 4.34. The van der Waals surface area contributed by atoms with Crippen LogP contribution in [-0.2, 0) is 10.2 Å². The van der Waals surface area contributed by atoms with Crippen molar-refractivity contribution in [1.29, 1.82) is 0 Å². The number of amides is 2. The number of alkyl halides is 2. The smallest absolute Gasteiger partial charge is 0.387 e. The van der Waals surface area contributed by atoms with Gasteiger partial charge < -0.3 is 15.4 Å². The fourth-order valence-electron chi connectivity index (χ4n) is 2.44. The van der Waals surface area contributed by atoms with Crippen molar-refractivity contribution in [1.82, 2.24) is 5.32 Å². The Morgan fingerprint density at radius 1 is 0.964 bits per heavy atom. The molecule has 7 heteroatoms. The molecular formula is C21H24F2N2O3. The average molecular weight is 390 g/mol. The Bertz CT molecular complexity index is 813. The topological polar surface area (TPSA) is 67.4 Å². The summed E-state index contributed by atoms with van der Waals surface area (Å²) in [5, 5.41) is 5.25. The van der Waals surface area contributed by atoms with Crippen molar-refractivity contribution in [3.05, 3.63) is 59.7 Å². The van der Waals surface area contributed by atoms with E-state index in [1.807, 2.05) is 12.1 Å². The summed E-state index contributed by atoms with van der Waals surface area (Å²) in [6, 6.07) is 12.0. The van der Waals surface area contributed by atoms with Gasteiger partial charge in [0.15, 0.2) is 0 Å². The number of hydrogen-bond donors (Lipinski definition) is 2. The van der Waals surface area contributed by atoms with Gasteiger partial charge >= 0.3 is 6.61 Å². The highest BCUT2D eigenvalue weighted by molar-refractivity contribution is 6.01. The zero-order valence-corrected chi connectivity index (χ0v) is 16.3. The number of ether oxygens (including phenoxy) is 1. The van der Waals surface area contributed by atoms with Gasteiger partial charge in [0.05, 0.1) is 0 Å². The number of rotatable bonds is 6. The summed E-state index contributed by atoms with van der Waals surface area (Å²) in [4.78, 5) is 24.6. The van der Waals surface area contributed by atoms with Gasteiger partial charge in [-0.2, -0.15) is 8.78 Å². The van der Waals surface area contributed by atoms with Crippen LogP contribution in [0, 0.1) is 0 Å². The summed E-state index contributed by atoms with van der Waals surface area (Å²) in [7, 11) is 0. The summed E-state index contributed by atoms with van der Waals surface area (Å²) in [6.45, 7) is 4.90. The first-order chi connectivity index (χ1) is 13.1. The van der Waals surface area contributed by atoms with Crippen LogP contribution in [0.5, 0.6) is 5.75 Å². The fraction of sp³-hybridized carbons (Fsp3) is 0.333. The number of halogens is 2. The molecule has 28 heavy (non-hydrogen) atoms. The Morgan fingerprint density at radius 2 is 1.54 bits per heavy atom. The number of carbonyl (C=O) groups is 2. The van der Waals surface area contributed by atoms with Crippen molar-refractivity contribution in [2.24, 2.45) is 0 Å². The van der Waals surface area contributed by atoms with Gasteiger partial charge in [0, 0.05) is 11.3 Å². The zero-order valence-electron chi connectivity index (χ0n) is 16.3. The van der Waals surface area contributed by atoms with Crippen LogP contribution >= 0.6 is 0 Å². The first kappa shape index (κ1) is 21.3. The minimum Gasteiger partial charge on any atom is -0.435 e. The quantitative estimate of drug-likeness (QED) is 0.771. The Balaban J connectivity index is 1.93. The summed E-state index contributed by atoms with van der Waals surface area (Å²) in [5.41, 5.74) is 1.95. The normalized spacial score (nSPS) is 12.4. The molecule has 5 nitrogen and oxygen atoms in total. The lowest BCUT2D eigenvalue weighted by Crippen LogP contribution is -2.41. The third-order valence-corrected chi connectivity index (χ3v) is 4.10. The van der Waals surface area contributed by atoms with Crippen LogP contribution in [0.2, 0.25) is 0 Å². The van der Waals surface area contributed by atoms with Crippen LogP contribution in [0.15, 0.2) is 48.5 Å². The summed E-state index contributed by atoms with van der Waals surface area (Å²) in [6.07, 6.45) is 0. The van der Waals surface area contributed by atoms with Crippen LogP contribution in [0.4, 0.5) is 14.5 Å². The molecular weight excluding hydrogens is 366 g/mol. The molecule has 0 saturated heterocycles. The van der Waals surface area contributed by atoms with Crippen LogP contribution in [-0.4, -0.2) is 24.5 Å². The number of hydrogen-bond acceptors (Lipinski definition) is 3. The zero-order chi connectivity index (χ0) is 20.9. The largest absolute Gasteiger partial charge is 0.435 e. The average Bonchev–Trinajstić information content (AvgIpc) is 2.62. The maximum absolute atomic E-state index is 12.3. The summed E-state index contributed by atoms with van der Waals surface area (Å²) in [5.74, 6) is -0.793. The molecule has 2 N–H and O–H groups in total. The Kier molecular flexibility index (Phi) is 6.72. The number of anilines is 1. The van der Waals surface area contributed by atoms with Crippen LogP contribution < -0.4 is 15.4 Å². The molecule has 0 saturated carbocycles. The summed E-state index contributed by atoms with van der Waals surface area (Å²) < 4.78 is 28.5. The summed E-state index contributed by atoms with van der Waals surface area (Å²) >= 11 is 0. The van der Waals surface area contributed by atoms with E-state index in [0.29, 0.717) is 11.3 Å². The van der Waals surface area contributed by atoms with Crippen LogP contribution in [0.25, 0.3) is 0 Å². The number of nitrogens with one attached hydrogen (secondary N) is 2. The highest BCUT2D eigenvalue weighted by Crippen LogP contribution is 2.22. The predicted molar refractivity (Wildman–Crippen MR) is 104 cm³/mol. The molecule has 150 valence electrons. The van der Waals surface area contributed by atoms with E-state index in [0.717, 1.165) is 5.56 Å². The molecule has 0 aliphatic rings. The van der Waals surface area contributed by atoms with E-state index in [1.165, 1.54) is 24.3 Å². The van der Waals surface area contributed by atoms with Crippen molar-refractivity contribution < 1.29 is 23.1 Å². The van der Waals surface area contributed by atoms with E-state index in [-0.39, 0.29) is 17.1 Å². The molecule has 2 amide bonds. The van der Waals surface area contributed by atoms with Gasteiger partial charge in [-0.1, -0.05) is 32.9 Å². The van der Waals surface area contributed by atoms with Gasteiger partial charge in [-0.15, -0.1) is 0 Å². The molecule has 1 atom stereocenters. The van der Waals surface area contributed by atoms with E-state index in [9.17, 15) is 18.4 Å². The molecule has 2 aromatic carbocycles. The van der Waals surface area contributed by atoms with Gasteiger partial charge in [0.1, 0.15) is 11.8 Å². The molecule has 0 aliphatic heterocycles. The van der Waals surface area contributed by atoms with Crippen LogP contribution in [0.3, 0.4) is 0 Å². The maximum Gasteiger partial charge on any atom is 0.387 e. The fourth-order valence-corrected chi connectivity index (χ4v) is 2.44. The highest BCUT2D eigenvalue weighted by Gasteiger charge is 2.18. The molecule has 0 spiro atoms. The van der Waals surface area contributed by atoms with Crippen molar-refractivity contribution in [3.8, 4) is 5.75 Å². The molecule has 2 aromatic rings. The Hall–Kier alpha value is -2.96. The van der Waals surface area contributed by atoms with Gasteiger partial charge in [-0.25, -0.2) is 0 Å².